The Morgan fingerprint density at radius 3 is 0.988 bits per heavy atom. The molecule has 0 N–H and O–H groups in total. The van der Waals surface area contributed by atoms with Gasteiger partial charge in [-0.15, -0.1) is 0 Å². The number of likely N-dealkylation sites (N-methyl/N-ethyl adjacent to an activating group) is 1. The molecule has 0 aliphatic carbocycles. The predicted molar refractivity (Wildman–Crippen MR) is 369 cm³/mol. The summed E-state index contributed by atoms with van der Waals surface area (Å²) in [6.45, 7) is 4.13. The Kier molecular flexibility index (Phi) is 63.1. The Balaban J connectivity index is 4.09. The van der Waals surface area contributed by atoms with E-state index in [0.29, 0.717) is 17.4 Å². The third-order valence-electron chi connectivity index (χ3n) is 15.0. The van der Waals surface area contributed by atoms with E-state index in [2.05, 4.69) is 135 Å². The van der Waals surface area contributed by atoms with Crippen LogP contribution in [0.2, 0.25) is 0 Å². The van der Waals surface area contributed by atoms with Crippen molar-refractivity contribution in [2.75, 3.05) is 47.5 Å². The van der Waals surface area contributed by atoms with E-state index in [1.165, 1.54) is 161 Å². The Labute approximate surface area is 530 Å². The Morgan fingerprint density at radius 2 is 0.663 bits per heavy atom. The van der Waals surface area contributed by atoms with Crippen molar-refractivity contribution in [3.8, 4) is 0 Å². The van der Waals surface area contributed by atoms with Crippen LogP contribution in [0.3, 0.4) is 0 Å². The molecule has 2 unspecified atom stereocenters. The normalized spacial score (nSPS) is 13.9. The van der Waals surface area contributed by atoms with Crippen molar-refractivity contribution in [2.24, 2.45) is 0 Å². The highest BCUT2D eigenvalue weighted by Crippen LogP contribution is 2.38. The van der Waals surface area contributed by atoms with Crippen molar-refractivity contribution in [1.29, 1.82) is 0 Å². The fourth-order valence-electron chi connectivity index (χ4n) is 9.59. The molecular formula is C76H132NO8P. The Hall–Kier alpha value is -3.59. The number of nitrogens with zero attached hydrogens (tertiary/aromatic N) is 1. The van der Waals surface area contributed by atoms with E-state index in [-0.39, 0.29) is 32.0 Å². The van der Waals surface area contributed by atoms with Crippen LogP contribution in [-0.2, 0) is 32.7 Å². The molecule has 0 fully saturated rings. The summed E-state index contributed by atoms with van der Waals surface area (Å²) >= 11 is 0. The van der Waals surface area contributed by atoms with E-state index in [1.807, 2.05) is 21.1 Å². The highest BCUT2D eigenvalue weighted by Gasteiger charge is 2.22. The van der Waals surface area contributed by atoms with Gasteiger partial charge in [-0.05, 0) is 109 Å². The van der Waals surface area contributed by atoms with Crippen molar-refractivity contribution < 1.29 is 42.1 Å². The first-order chi connectivity index (χ1) is 42.0. The maximum Gasteiger partial charge on any atom is 0.306 e. The molecule has 0 aromatic rings. The molecule has 0 saturated carbocycles. The Morgan fingerprint density at radius 1 is 0.372 bits per heavy atom. The van der Waals surface area contributed by atoms with Gasteiger partial charge >= 0.3 is 11.9 Å². The predicted octanol–water partition coefficient (Wildman–Crippen LogP) is 22.4. The first-order valence-electron chi connectivity index (χ1n) is 35.2. The number of hydrogen-bond donors (Lipinski definition) is 0. The number of carbonyl (C=O) groups is 2. The first kappa shape index (κ1) is 82.4. The summed E-state index contributed by atoms with van der Waals surface area (Å²) < 4.78 is 34.3. The average molecular weight is 1220 g/mol. The van der Waals surface area contributed by atoms with E-state index < -0.39 is 26.5 Å². The van der Waals surface area contributed by atoms with Crippen molar-refractivity contribution in [1.82, 2.24) is 0 Å². The molecule has 494 valence electrons. The summed E-state index contributed by atoms with van der Waals surface area (Å²) in [7, 11) is 1.16. The molecule has 86 heavy (non-hydrogen) atoms. The molecule has 9 nitrogen and oxygen atoms in total. The number of hydrogen-bond acceptors (Lipinski definition) is 8. The standard InChI is InChI=1S/C76H132NO8P/c1-6-8-10-12-14-16-18-20-22-24-26-28-30-32-34-35-36-37-38-39-40-41-43-45-47-49-51-53-55-57-59-61-63-65-67-69-76(79)85-74(73-84-86(80,81)83-71-70-77(3,4)5)72-82-75(78)68-66-64-62-60-58-56-54-52-50-48-46-44-42-33-31-29-27-25-23-21-19-17-15-13-11-9-7-2/h8,10,14,16,19-22,25-28,32,34,36-37,39-40,43,45,74H,6-7,9,11-13,15,17-18,23-24,29-31,33,35,38,41-42,44,46-73H2,1-5H3/b10-8-,16-14-,21-19-,22-20-,27-25-,28-26-,34-32-,37-36-,40-39-,45-43-. The fourth-order valence-corrected chi connectivity index (χ4v) is 10.3. The minimum Gasteiger partial charge on any atom is -0.756 e. The Bertz CT molecular complexity index is 1870. The molecule has 0 aromatic carbocycles. The zero-order chi connectivity index (χ0) is 62.6. The second-order valence-electron chi connectivity index (χ2n) is 24.5. The highest BCUT2D eigenvalue weighted by molar-refractivity contribution is 7.45. The van der Waals surface area contributed by atoms with Crippen molar-refractivity contribution >= 4 is 19.8 Å². The molecule has 0 saturated heterocycles. The van der Waals surface area contributed by atoms with Crippen LogP contribution in [0, 0.1) is 0 Å². The zero-order valence-electron chi connectivity index (χ0n) is 56.2. The van der Waals surface area contributed by atoms with Gasteiger partial charge in [-0.3, -0.25) is 14.2 Å². The monoisotopic (exact) mass is 1220 g/mol. The van der Waals surface area contributed by atoms with Gasteiger partial charge in [0.15, 0.2) is 6.10 Å². The second-order valence-corrected chi connectivity index (χ2v) is 25.9. The largest absolute Gasteiger partial charge is 0.756 e. The molecule has 0 aromatic heterocycles. The van der Waals surface area contributed by atoms with Crippen LogP contribution in [0.5, 0.6) is 0 Å². The van der Waals surface area contributed by atoms with Gasteiger partial charge in [0.25, 0.3) is 7.82 Å². The summed E-state index contributed by atoms with van der Waals surface area (Å²) in [4.78, 5) is 38.1. The van der Waals surface area contributed by atoms with Crippen molar-refractivity contribution in [2.45, 2.75) is 302 Å². The molecule has 10 heteroatoms. The van der Waals surface area contributed by atoms with E-state index in [1.54, 1.807) is 0 Å². The smallest absolute Gasteiger partial charge is 0.306 e. The maximum absolute atomic E-state index is 12.9. The quantitative estimate of drug-likeness (QED) is 0.0195. The number of carbonyl (C=O) groups excluding carboxylic acids is 2. The van der Waals surface area contributed by atoms with Gasteiger partial charge in [0.2, 0.25) is 0 Å². The average Bonchev–Trinajstić information content (AvgIpc) is 3.56. The summed E-state index contributed by atoms with van der Waals surface area (Å²) in [6.07, 6.45) is 94.1. The summed E-state index contributed by atoms with van der Waals surface area (Å²) in [5.74, 6) is -0.836. The maximum atomic E-state index is 12.9. The number of unbranched alkanes of at least 4 members (excludes halogenated alkanes) is 30. The summed E-state index contributed by atoms with van der Waals surface area (Å²) in [5.41, 5.74) is 0. The number of quaternary nitrogens is 1. The van der Waals surface area contributed by atoms with Crippen LogP contribution in [0.25, 0.3) is 0 Å². The zero-order valence-corrected chi connectivity index (χ0v) is 57.1. The molecule has 2 atom stereocenters. The minimum absolute atomic E-state index is 0.0362. The van der Waals surface area contributed by atoms with Gasteiger partial charge in [0.05, 0.1) is 27.7 Å². The first-order valence-corrected chi connectivity index (χ1v) is 36.7. The molecule has 0 aliphatic heterocycles. The number of esters is 2. The third-order valence-corrected chi connectivity index (χ3v) is 15.9. The van der Waals surface area contributed by atoms with Gasteiger partial charge in [0.1, 0.15) is 19.8 Å². The molecule has 0 radical (unpaired) electrons. The number of ether oxygens (including phenoxy) is 2. The van der Waals surface area contributed by atoms with Crippen LogP contribution >= 0.6 is 7.82 Å². The molecule has 0 bridgehead atoms. The SMILES string of the molecule is CC/C=C\C/C=C\C/C=C\C/C=C\C/C=C\C/C=C\C/C=C\C/C=C\CCCCCCCCCCCCC(=O)OC(COC(=O)CCCCCCCCCCCCCCCCC/C=C\C/C=C\CCCCCCC)COP(=O)([O-])OCC[N+](C)(C)C. The van der Waals surface area contributed by atoms with Gasteiger partial charge in [-0.25, -0.2) is 0 Å². The lowest BCUT2D eigenvalue weighted by Gasteiger charge is -2.28. The fraction of sp³-hybridized carbons (Fsp3) is 0.711. The van der Waals surface area contributed by atoms with Crippen LogP contribution < -0.4 is 4.89 Å². The van der Waals surface area contributed by atoms with Crippen LogP contribution in [0.1, 0.15) is 296 Å². The minimum atomic E-state index is -4.65. The van der Waals surface area contributed by atoms with Gasteiger partial charge in [0, 0.05) is 12.8 Å². The van der Waals surface area contributed by atoms with Crippen molar-refractivity contribution in [3.63, 3.8) is 0 Å². The molecule has 0 aliphatic rings. The molecule has 0 spiro atoms. The topological polar surface area (TPSA) is 111 Å². The highest BCUT2D eigenvalue weighted by atomic mass is 31.2. The second kappa shape index (κ2) is 65.8. The van der Waals surface area contributed by atoms with Crippen LogP contribution in [-0.4, -0.2) is 70.0 Å². The number of allylic oxidation sites excluding steroid dienone is 20. The lowest BCUT2D eigenvalue weighted by molar-refractivity contribution is -0.870. The molecular weight excluding hydrogens is 1090 g/mol. The van der Waals surface area contributed by atoms with E-state index >= 15 is 0 Å². The molecule has 0 amide bonds. The summed E-state index contributed by atoms with van der Waals surface area (Å²) in [6, 6.07) is 0. The van der Waals surface area contributed by atoms with Gasteiger partial charge < -0.3 is 27.9 Å². The van der Waals surface area contributed by atoms with E-state index in [9.17, 15) is 19.0 Å². The lowest BCUT2D eigenvalue weighted by Crippen LogP contribution is -2.37. The van der Waals surface area contributed by atoms with Crippen LogP contribution in [0.15, 0.2) is 122 Å². The summed E-state index contributed by atoms with van der Waals surface area (Å²) in [5, 5.41) is 0. The number of phosphoric acid groups is 1. The van der Waals surface area contributed by atoms with Gasteiger partial charge in [-0.1, -0.05) is 296 Å². The number of phosphoric ester groups is 1. The van der Waals surface area contributed by atoms with Crippen molar-refractivity contribution in [3.05, 3.63) is 122 Å². The van der Waals surface area contributed by atoms with Crippen LogP contribution in [0.4, 0.5) is 0 Å². The molecule has 0 rings (SSSR count). The van der Waals surface area contributed by atoms with E-state index in [0.717, 1.165) is 103 Å². The van der Waals surface area contributed by atoms with E-state index in [4.69, 9.17) is 18.5 Å². The van der Waals surface area contributed by atoms with Gasteiger partial charge in [-0.2, -0.15) is 0 Å². The number of rotatable bonds is 64. The molecule has 0 heterocycles. The lowest BCUT2D eigenvalue weighted by atomic mass is 10.0. The third kappa shape index (κ3) is 69.5.